The Morgan fingerprint density at radius 2 is 2.33 bits per heavy atom. The molecule has 1 aliphatic rings. The van der Waals surface area contributed by atoms with E-state index in [1.165, 1.54) is 0 Å². The number of amides is 1. The van der Waals surface area contributed by atoms with Gasteiger partial charge in [-0.3, -0.25) is 4.79 Å². The van der Waals surface area contributed by atoms with Crippen LogP contribution in [-0.4, -0.2) is 18.2 Å². The Kier molecular flexibility index (Phi) is 3.54. The number of carbonyl (C=O) groups excluding carboxylic acids is 1. The minimum atomic E-state index is 0.130. The van der Waals surface area contributed by atoms with Gasteiger partial charge in [-0.05, 0) is 17.7 Å². The van der Waals surface area contributed by atoms with Gasteiger partial charge in [0, 0.05) is 29.0 Å². The molecule has 1 heterocycles. The molecule has 1 aromatic carbocycles. The van der Waals surface area contributed by atoms with Gasteiger partial charge < -0.3 is 5.32 Å². The zero-order chi connectivity index (χ0) is 10.7. The average Bonchev–Trinajstić information content (AvgIpc) is 2.43. The van der Waals surface area contributed by atoms with Gasteiger partial charge in [-0.15, -0.1) is 0 Å². The largest absolute Gasteiger partial charge is 0.355 e. The van der Waals surface area contributed by atoms with Gasteiger partial charge in [0.15, 0.2) is 0 Å². The van der Waals surface area contributed by atoms with Crippen molar-refractivity contribution < 1.29 is 4.79 Å². The maximum atomic E-state index is 11.4. The summed E-state index contributed by atoms with van der Waals surface area (Å²) in [4.78, 5) is 11.4. The van der Waals surface area contributed by atoms with Crippen molar-refractivity contribution in [3.8, 4) is 0 Å². The van der Waals surface area contributed by atoms with Crippen molar-refractivity contribution in [3.63, 3.8) is 0 Å². The molecule has 0 saturated carbocycles. The summed E-state index contributed by atoms with van der Waals surface area (Å²) in [6.45, 7) is 0.764. The predicted octanol–water partition coefficient (Wildman–Crippen LogP) is 2.63. The Morgan fingerprint density at radius 3 is 3.13 bits per heavy atom. The maximum Gasteiger partial charge on any atom is 0.221 e. The molecule has 1 aliphatic heterocycles. The fraction of sp³-hybridized carbons (Fsp3) is 0.364. The fourth-order valence-corrected chi connectivity index (χ4v) is 2.92. The van der Waals surface area contributed by atoms with E-state index in [2.05, 4.69) is 5.32 Å². The molecule has 0 bridgehead atoms. The second kappa shape index (κ2) is 4.90. The van der Waals surface area contributed by atoms with E-state index in [4.69, 9.17) is 11.6 Å². The molecule has 1 N–H and O–H groups in total. The highest BCUT2D eigenvalue weighted by atomic mass is 35.5. The number of benzene rings is 1. The molecule has 1 amide bonds. The molecule has 2 nitrogen and oxygen atoms in total. The van der Waals surface area contributed by atoms with Crippen LogP contribution in [0.1, 0.15) is 17.2 Å². The van der Waals surface area contributed by atoms with Crippen LogP contribution in [0.5, 0.6) is 0 Å². The predicted molar refractivity (Wildman–Crippen MR) is 64.3 cm³/mol. The van der Waals surface area contributed by atoms with E-state index in [1.54, 1.807) is 0 Å². The van der Waals surface area contributed by atoms with E-state index in [1.807, 2.05) is 36.0 Å². The molecule has 0 radical (unpaired) electrons. The minimum Gasteiger partial charge on any atom is -0.355 e. The van der Waals surface area contributed by atoms with Gasteiger partial charge in [0.2, 0.25) is 5.91 Å². The molecule has 0 unspecified atom stereocenters. The summed E-state index contributed by atoms with van der Waals surface area (Å²) < 4.78 is 0. The van der Waals surface area contributed by atoms with Crippen LogP contribution in [0.15, 0.2) is 24.3 Å². The minimum absolute atomic E-state index is 0.130. The number of thioether (sulfide) groups is 1. The summed E-state index contributed by atoms with van der Waals surface area (Å²) >= 11 is 7.74. The van der Waals surface area contributed by atoms with Gasteiger partial charge in [0.05, 0.1) is 0 Å². The van der Waals surface area contributed by atoms with Crippen LogP contribution in [0.3, 0.4) is 0 Å². The topological polar surface area (TPSA) is 29.1 Å². The van der Waals surface area contributed by atoms with Gasteiger partial charge in [0.25, 0.3) is 0 Å². The fourth-order valence-electron chi connectivity index (χ4n) is 1.61. The summed E-state index contributed by atoms with van der Waals surface area (Å²) in [6, 6.07) is 7.76. The molecule has 0 spiro atoms. The van der Waals surface area contributed by atoms with Gasteiger partial charge in [-0.25, -0.2) is 0 Å². The normalized spacial score (nSPS) is 21.9. The molecule has 1 aromatic rings. The Hall–Kier alpha value is -0.670. The van der Waals surface area contributed by atoms with E-state index >= 15 is 0 Å². The Morgan fingerprint density at radius 1 is 1.47 bits per heavy atom. The third-order valence-corrected chi connectivity index (χ3v) is 3.85. The summed E-state index contributed by atoms with van der Waals surface area (Å²) in [5, 5.41) is 3.84. The number of carbonyl (C=O) groups is 1. The second-order valence-electron chi connectivity index (χ2n) is 3.47. The van der Waals surface area contributed by atoms with Crippen molar-refractivity contribution in [2.75, 3.05) is 12.3 Å². The van der Waals surface area contributed by atoms with Crippen molar-refractivity contribution >= 4 is 29.3 Å². The summed E-state index contributed by atoms with van der Waals surface area (Å²) in [5.74, 6) is 1.09. The van der Waals surface area contributed by atoms with Crippen LogP contribution in [0.4, 0.5) is 0 Å². The van der Waals surface area contributed by atoms with Crippen LogP contribution < -0.4 is 5.32 Å². The summed E-state index contributed by atoms with van der Waals surface area (Å²) in [7, 11) is 0. The van der Waals surface area contributed by atoms with E-state index < -0.39 is 0 Å². The molecular weight excluding hydrogens is 230 g/mol. The Labute approximate surface area is 98.4 Å². The monoisotopic (exact) mass is 241 g/mol. The third-order valence-electron chi connectivity index (χ3n) is 2.33. The van der Waals surface area contributed by atoms with Crippen LogP contribution >= 0.6 is 23.4 Å². The van der Waals surface area contributed by atoms with Crippen LogP contribution in [-0.2, 0) is 4.79 Å². The first kappa shape index (κ1) is 10.8. The number of nitrogens with one attached hydrogen (secondary N) is 1. The molecule has 0 aromatic heterocycles. The molecule has 1 fully saturated rings. The first-order valence-corrected chi connectivity index (χ1v) is 6.32. The molecule has 1 atom stereocenters. The SMILES string of the molecule is O=C1C[C@@H](c2cccc(Cl)c2)SCCN1. The van der Waals surface area contributed by atoms with Gasteiger partial charge in [0.1, 0.15) is 0 Å². The molecule has 4 heteroatoms. The van der Waals surface area contributed by atoms with Crippen LogP contribution in [0.25, 0.3) is 0 Å². The molecule has 80 valence electrons. The lowest BCUT2D eigenvalue weighted by Crippen LogP contribution is -2.23. The first-order valence-electron chi connectivity index (χ1n) is 4.89. The van der Waals surface area contributed by atoms with E-state index in [-0.39, 0.29) is 11.2 Å². The maximum absolute atomic E-state index is 11.4. The van der Waals surface area contributed by atoms with E-state index in [9.17, 15) is 4.79 Å². The summed E-state index contributed by atoms with van der Waals surface area (Å²) in [6.07, 6.45) is 0.547. The Balaban J connectivity index is 2.18. The zero-order valence-corrected chi connectivity index (χ0v) is 9.77. The highest BCUT2D eigenvalue weighted by Crippen LogP contribution is 2.34. The van der Waals surface area contributed by atoms with Gasteiger partial charge in [-0.1, -0.05) is 23.7 Å². The Bertz CT molecular complexity index is 369. The van der Waals surface area contributed by atoms with Crippen LogP contribution in [0, 0.1) is 0 Å². The second-order valence-corrected chi connectivity index (χ2v) is 5.22. The highest BCUT2D eigenvalue weighted by Gasteiger charge is 2.19. The van der Waals surface area contributed by atoms with Gasteiger partial charge in [-0.2, -0.15) is 11.8 Å². The molecule has 15 heavy (non-hydrogen) atoms. The quantitative estimate of drug-likeness (QED) is 0.819. The number of hydrogen-bond acceptors (Lipinski definition) is 2. The third kappa shape index (κ3) is 2.89. The smallest absolute Gasteiger partial charge is 0.221 e. The van der Waals surface area contributed by atoms with Crippen molar-refractivity contribution in [2.24, 2.45) is 0 Å². The standard InChI is InChI=1S/C11H12ClNOS/c12-9-3-1-2-8(6-9)10-7-11(14)13-4-5-15-10/h1-3,6,10H,4-5,7H2,(H,13,14)/t10-/m0/s1. The van der Waals surface area contributed by atoms with Crippen molar-refractivity contribution in [2.45, 2.75) is 11.7 Å². The van der Waals surface area contributed by atoms with Crippen molar-refractivity contribution in [1.29, 1.82) is 0 Å². The highest BCUT2D eigenvalue weighted by molar-refractivity contribution is 7.99. The van der Waals surface area contributed by atoms with Crippen LogP contribution in [0.2, 0.25) is 5.02 Å². The summed E-state index contributed by atoms with van der Waals surface area (Å²) in [5.41, 5.74) is 1.14. The lowest BCUT2D eigenvalue weighted by Gasteiger charge is -2.12. The average molecular weight is 242 g/mol. The van der Waals surface area contributed by atoms with Crippen molar-refractivity contribution in [3.05, 3.63) is 34.9 Å². The number of rotatable bonds is 1. The zero-order valence-electron chi connectivity index (χ0n) is 8.20. The first-order chi connectivity index (χ1) is 7.25. The van der Waals surface area contributed by atoms with E-state index in [0.717, 1.165) is 22.9 Å². The molecular formula is C11H12ClNOS. The molecule has 2 rings (SSSR count). The van der Waals surface area contributed by atoms with Crippen molar-refractivity contribution in [1.82, 2.24) is 5.32 Å². The number of halogens is 1. The molecule has 0 aliphatic carbocycles. The van der Waals surface area contributed by atoms with E-state index in [0.29, 0.717) is 6.42 Å². The lowest BCUT2D eigenvalue weighted by molar-refractivity contribution is -0.120. The van der Waals surface area contributed by atoms with Gasteiger partial charge >= 0.3 is 0 Å². The lowest BCUT2D eigenvalue weighted by atomic mass is 10.1. The molecule has 1 saturated heterocycles. The number of hydrogen-bond donors (Lipinski definition) is 1.